The molecule has 0 atom stereocenters. The molecular formula is C21H21F5N2O6S2. The van der Waals surface area contributed by atoms with Crippen molar-refractivity contribution in [2.75, 3.05) is 41.5 Å². The van der Waals surface area contributed by atoms with E-state index in [0.29, 0.717) is 12.2 Å². The van der Waals surface area contributed by atoms with Crippen LogP contribution in [-0.4, -0.2) is 56.4 Å². The zero-order valence-electron chi connectivity index (χ0n) is 19.4. The summed E-state index contributed by atoms with van der Waals surface area (Å²) < 4.78 is 72.2. The van der Waals surface area contributed by atoms with Gasteiger partial charge in [0.25, 0.3) is 0 Å². The Morgan fingerprint density at radius 3 is 2.06 bits per heavy atom. The summed E-state index contributed by atoms with van der Waals surface area (Å²) in [5.41, 5.74) is 0.938. The van der Waals surface area contributed by atoms with Crippen molar-refractivity contribution in [3.8, 4) is 0 Å². The second-order valence-corrected chi connectivity index (χ2v) is 9.85. The molecule has 15 heteroatoms. The molecule has 0 aromatic heterocycles. The summed E-state index contributed by atoms with van der Waals surface area (Å²) in [7, 11) is 0. The van der Waals surface area contributed by atoms with E-state index >= 15 is 0 Å². The fraction of sp³-hybridized carbons (Fsp3) is 0.381. The highest BCUT2D eigenvalue weighted by Gasteiger charge is 2.43. The molecule has 2 aliphatic heterocycles. The van der Waals surface area contributed by atoms with E-state index in [2.05, 4.69) is 0 Å². The molecule has 2 heterocycles. The van der Waals surface area contributed by atoms with Gasteiger partial charge in [0, 0.05) is 0 Å². The number of anilines is 2. The fourth-order valence-corrected chi connectivity index (χ4v) is 5.01. The second kappa shape index (κ2) is 11.9. The molecule has 2 aliphatic rings. The number of carboxylic acid groups (broad SMARTS) is 1. The van der Waals surface area contributed by atoms with Crippen molar-refractivity contribution in [1.82, 2.24) is 0 Å². The molecule has 0 saturated carbocycles. The van der Waals surface area contributed by atoms with Gasteiger partial charge >= 0.3 is 18.1 Å². The van der Waals surface area contributed by atoms with Crippen LogP contribution in [0.15, 0.2) is 33.8 Å². The van der Waals surface area contributed by atoms with Crippen molar-refractivity contribution < 1.29 is 50.9 Å². The topological polar surface area (TPSA) is 99.2 Å². The molecule has 0 spiro atoms. The number of rotatable bonds is 5. The Balaban J connectivity index is 0.000000572. The largest absolute Gasteiger partial charge is 0.542 e. The maximum Gasteiger partial charge on any atom is 0.430 e. The van der Waals surface area contributed by atoms with Gasteiger partial charge in [-0.15, -0.1) is 0 Å². The molecule has 36 heavy (non-hydrogen) atoms. The van der Waals surface area contributed by atoms with Crippen LogP contribution in [0, 0.1) is 11.6 Å². The van der Waals surface area contributed by atoms with E-state index in [1.165, 1.54) is 6.07 Å². The first-order valence-corrected chi connectivity index (χ1v) is 13.0. The quantitative estimate of drug-likeness (QED) is 0.135. The van der Waals surface area contributed by atoms with Gasteiger partial charge in [0.1, 0.15) is 35.7 Å². The van der Waals surface area contributed by atoms with Crippen molar-refractivity contribution in [2.24, 2.45) is 0 Å². The molecule has 0 amide bonds. The van der Waals surface area contributed by atoms with Crippen LogP contribution < -0.4 is 14.3 Å². The van der Waals surface area contributed by atoms with Gasteiger partial charge in [0.15, 0.2) is 17.2 Å². The summed E-state index contributed by atoms with van der Waals surface area (Å²) in [5, 5.41) is 10.8. The van der Waals surface area contributed by atoms with E-state index in [1.807, 2.05) is 12.5 Å². The number of alkyl halides is 3. The van der Waals surface area contributed by atoms with E-state index < -0.39 is 35.7 Å². The molecule has 0 saturated heterocycles. The number of carbonyl (C=O) groups is 3. The number of carbonyl (C=O) groups excluding carboxylic acids is 3. The van der Waals surface area contributed by atoms with Crippen LogP contribution in [0.1, 0.15) is 13.8 Å². The molecule has 8 nitrogen and oxygen atoms in total. The van der Waals surface area contributed by atoms with Crippen molar-refractivity contribution in [1.29, 1.82) is 0 Å². The average Bonchev–Trinajstić information content (AvgIpc) is 3.19. The van der Waals surface area contributed by atoms with Crippen LogP contribution >= 0.6 is 11.8 Å². The first-order chi connectivity index (χ1) is 16.8. The highest BCUT2D eigenvalue weighted by atomic mass is 32.2. The summed E-state index contributed by atoms with van der Waals surface area (Å²) >= 11 is 0.767. The highest BCUT2D eigenvalue weighted by Crippen LogP contribution is 2.49. The zero-order chi connectivity index (χ0) is 27.4. The molecule has 198 valence electrons. The lowest BCUT2D eigenvalue weighted by Crippen LogP contribution is -2.41. The Kier molecular flexibility index (Phi) is 9.65. The lowest BCUT2D eigenvalue weighted by Gasteiger charge is -2.36. The first kappa shape index (κ1) is 29.3. The lowest BCUT2D eigenvalue weighted by atomic mass is 10.1. The van der Waals surface area contributed by atoms with Crippen LogP contribution in [0.2, 0.25) is 0 Å². The van der Waals surface area contributed by atoms with Crippen molar-refractivity contribution in [3.05, 3.63) is 45.5 Å². The average molecular weight is 557 g/mol. The van der Waals surface area contributed by atoms with Gasteiger partial charge < -0.3 is 24.3 Å². The van der Waals surface area contributed by atoms with Crippen molar-refractivity contribution in [2.45, 2.75) is 20.0 Å². The monoisotopic (exact) mass is 556 g/mol. The summed E-state index contributed by atoms with van der Waals surface area (Å²) in [6.45, 7) is 3.73. The van der Waals surface area contributed by atoms with Gasteiger partial charge in [-0.2, -0.15) is 17.5 Å². The number of esters is 2. The first-order valence-electron chi connectivity index (χ1n) is 10.1. The third kappa shape index (κ3) is 6.24. The second-order valence-electron chi connectivity index (χ2n) is 7.01. The standard InChI is InChI=1S/C19H21F2N2O4S2.C2HF3O2/c1-5-26-18(24)14(19(25)27-6-2)17-23-11(10-28-17)9-22(29(3)4)16-13(23)8-7-12(20)15(16)21;3-2(4,5)1(6)7/h7-8,10H,5-6,9H2,1-4H3;(H,6,7)/q+1;/p-1. The number of halogens is 5. The molecule has 1 aromatic carbocycles. The molecule has 3 rings (SSSR count). The van der Waals surface area contributed by atoms with Gasteiger partial charge in [0.2, 0.25) is 0 Å². The minimum absolute atomic E-state index is 0.0820. The lowest BCUT2D eigenvalue weighted by molar-refractivity contribution is -0.344. The van der Waals surface area contributed by atoms with Crippen LogP contribution in [-0.2, 0) is 34.9 Å². The number of hydrogen-bond donors (Lipinski definition) is 0. The normalized spacial score (nSPS) is 14.4. The van der Waals surface area contributed by atoms with E-state index in [4.69, 9.17) is 19.4 Å². The third-order valence-electron chi connectivity index (χ3n) is 4.49. The molecular weight excluding hydrogens is 535 g/mol. The Morgan fingerprint density at radius 1 is 1.08 bits per heavy atom. The van der Waals surface area contributed by atoms with Gasteiger partial charge in [-0.25, -0.2) is 18.4 Å². The number of carboxylic acids is 1. The molecule has 0 fully saturated rings. The van der Waals surface area contributed by atoms with Crippen LogP contribution in [0.3, 0.4) is 0 Å². The highest BCUT2D eigenvalue weighted by molar-refractivity contribution is 8.06. The smallest absolute Gasteiger partial charge is 0.430 e. The number of benzene rings is 1. The van der Waals surface area contributed by atoms with Crippen molar-refractivity contribution >= 4 is 52.1 Å². The minimum Gasteiger partial charge on any atom is -0.542 e. The SMILES string of the molecule is CCOC(=O)C(C(=O)OCC)=C1SC=C2CN([S+](C)C)c3c(ccc(F)c3F)N21.O=C([O-])C(F)(F)F. The van der Waals surface area contributed by atoms with Gasteiger partial charge in [-0.05, 0) is 31.4 Å². The van der Waals surface area contributed by atoms with Gasteiger partial charge in [-0.1, -0.05) is 11.8 Å². The third-order valence-corrected chi connectivity index (χ3v) is 6.68. The molecule has 0 N–H and O–H groups in total. The summed E-state index contributed by atoms with van der Waals surface area (Å²) in [6, 6.07) is 2.48. The number of nitrogens with zero attached hydrogens (tertiary/aromatic N) is 2. The minimum atomic E-state index is -5.19. The molecule has 0 aliphatic carbocycles. The summed E-state index contributed by atoms with van der Waals surface area (Å²) in [6.07, 6.45) is -1.38. The van der Waals surface area contributed by atoms with Crippen LogP contribution in [0.25, 0.3) is 0 Å². The number of fused-ring (bicyclic) bond motifs is 3. The Hall–Kier alpha value is -2.94. The predicted octanol–water partition coefficient (Wildman–Crippen LogP) is 2.61. The Morgan fingerprint density at radius 2 is 1.61 bits per heavy atom. The van der Waals surface area contributed by atoms with E-state index in [9.17, 15) is 31.5 Å². The van der Waals surface area contributed by atoms with E-state index in [1.54, 1.807) is 28.5 Å². The van der Waals surface area contributed by atoms with Crippen molar-refractivity contribution in [3.63, 3.8) is 0 Å². The van der Waals surface area contributed by atoms with Crippen LogP contribution in [0.4, 0.5) is 33.3 Å². The van der Waals surface area contributed by atoms with E-state index in [-0.39, 0.29) is 40.6 Å². The molecule has 1 aromatic rings. The fourth-order valence-electron chi connectivity index (χ4n) is 3.05. The molecule has 0 bridgehead atoms. The predicted molar refractivity (Wildman–Crippen MR) is 122 cm³/mol. The maximum atomic E-state index is 14.8. The van der Waals surface area contributed by atoms with Gasteiger partial charge in [-0.3, -0.25) is 0 Å². The molecule has 0 radical (unpaired) electrons. The summed E-state index contributed by atoms with van der Waals surface area (Å²) in [4.78, 5) is 35.5. The van der Waals surface area contributed by atoms with Gasteiger partial charge in [0.05, 0.1) is 35.7 Å². The number of aliphatic carboxylic acids is 1. The number of hydrogen-bond acceptors (Lipinski definition) is 9. The Labute approximate surface area is 210 Å². The number of thioether (sulfide) groups is 1. The molecule has 0 unspecified atom stereocenters. The van der Waals surface area contributed by atoms with E-state index in [0.717, 1.165) is 23.5 Å². The zero-order valence-corrected chi connectivity index (χ0v) is 21.0. The Bertz CT molecular complexity index is 1090. The summed E-state index contributed by atoms with van der Waals surface area (Å²) in [5.74, 6) is -6.57. The number of ether oxygens (including phenoxy) is 2. The maximum absolute atomic E-state index is 14.8. The van der Waals surface area contributed by atoms with Crippen LogP contribution in [0.5, 0.6) is 0 Å².